The van der Waals surface area contributed by atoms with Gasteiger partial charge in [-0.1, -0.05) is 15.9 Å². The Hall–Kier alpha value is -1.43. The van der Waals surface area contributed by atoms with Crippen molar-refractivity contribution in [1.29, 1.82) is 0 Å². The summed E-state index contributed by atoms with van der Waals surface area (Å²) in [5, 5.41) is 0. The highest BCUT2D eigenvalue weighted by molar-refractivity contribution is 9.10. The minimum absolute atomic E-state index is 0.0319. The van der Waals surface area contributed by atoms with Crippen LogP contribution in [-0.4, -0.2) is 36.0 Å². The van der Waals surface area contributed by atoms with Gasteiger partial charge in [0.05, 0.1) is 12.2 Å². The van der Waals surface area contributed by atoms with E-state index in [9.17, 15) is 14.0 Å². The lowest BCUT2D eigenvalue weighted by atomic mass is 10.1. The first kappa shape index (κ1) is 15.0. The molecule has 108 valence electrons. The van der Waals surface area contributed by atoms with Crippen molar-refractivity contribution in [3.63, 3.8) is 0 Å². The van der Waals surface area contributed by atoms with Gasteiger partial charge in [-0.25, -0.2) is 9.18 Å². The van der Waals surface area contributed by atoms with Crippen LogP contribution in [0, 0.1) is 5.82 Å². The molecule has 1 amide bonds. The second-order valence-corrected chi connectivity index (χ2v) is 5.45. The Morgan fingerprint density at radius 3 is 2.95 bits per heavy atom. The Bertz CT molecular complexity index is 535. The van der Waals surface area contributed by atoms with E-state index in [0.29, 0.717) is 23.9 Å². The second kappa shape index (κ2) is 6.35. The van der Waals surface area contributed by atoms with Crippen LogP contribution in [-0.2, 0) is 9.53 Å². The number of esters is 1. The van der Waals surface area contributed by atoms with E-state index >= 15 is 0 Å². The van der Waals surface area contributed by atoms with Crippen molar-refractivity contribution in [3.05, 3.63) is 34.1 Å². The molecule has 0 aliphatic carbocycles. The number of hydrogen-bond donors (Lipinski definition) is 0. The van der Waals surface area contributed by atoms with Gasteiger partial charge in [-0.05, 0) is 38.0 Å². The molecular weight excluding hydrogens is 329 g/mol. The van der Waals surface area contributed by atoms with E-state index in [-0.39, 0.29) is 12.2 Å². The van der Waals surface area contributed by atoms with Gasteiger partial charge in [-0.15, -0.1) is 0 Å². The summed E-state index contributed by atoms with van der Waals surface area (Å²) >= 11 is 3.21. The van der Waals surface area contributed by atoms with E-state index in [4.69, 9.17) is 4.74 Å². The number of halogens is 2. The molecule has 0 N–H and O–H groups in total. The number of nitrogens with zero attached hydrogens (tertiary/aromatic N) is 1. The second-order valence-electron chi connectivity index (χ2n) is 4.53. The molecule has 0 aromatic heterocycles. The van der Waals surface area contributed by atoms with Crippen molar-refractivity contribution < 1.29 is 18.7 Å². The van der Waals surface area contributed by atoms with E-state index in [0.717, 1.165) is 0 Å². The predicted molar refractivity (Wildman–Crippen MR) is 74.8 cm³/mol. The Labute approximate surface area is 125 Å². The van der Waals surface area contributed by atoms with E-state index in [1.807, 2.05) is 0 Å². The van der Waals surface area contributed by atoms with Gasteiger partial charge in [-0.3, -0.25) is 4.79 Å². The van der Waals surface area contributed by atoms with Gasteiger partial charge in [0.15, 0.2) is 0 Å². The fraction of sp³-hybridized carbons (Fsp3) is 0.429. The molecule has 0 bridgehead atoms. The Morgan fingerprint density at radius 2 is 2.25 bits per heavy atom. The summed E-state index contributed by atoms with van der Waals surface area (Å²) in [6.45, 7) is 2.42. The molecule has 1 fully saturated rings. The molecule has 1 aromatic rings. The molecular formula is C14H15BrFNO3. The number of carbonyl (C=O) groups excluding carboxylic acids is 2. The number of hydrogen-bond acceptors (Lipinski definition) is 3. The quantitative estimate of drug-likeness (QED) is 0.793. The normalized spacial score (nSPS) is 18.1. The van der Waals surface area contributed by atoms with Crippen molar-refractivity contribution >= 4 is 27.8 Å². The monoisotopic (exact) mass is 343 g/mol. The van der Waals surface area contributed by atoms with Gasteiger partial charge < -0.3 is 9.64 Å². The largest absolute Gasteiger partial charge is 0.464 e. The molecule has 1 saturated heterocycles. The highest BCUT2D eigenvalue weighted by Crippen LogP contribution is 2.24. The summed E-state index contributed by atoms with van der Waals surface area (Å²) in [6.07, 6.45) is 1.27. The zero-order valence-corrected chi connectivity index (χ0v) is 12.7. The fourth-order valence-electron chi connectivity index (χ4n) is 2.31. The topological polar surface area (TPSA) is 46.6 Å². The van der Waals surface area contributed by atoms with Crippen LogP contribution >= 0.6 is 15.9 Å². The van der Waals surface area contributed by atoms with Crippen molar-refractivity contribution in [2.45, 2.75) is 25.8 Å². The molecule has 0 spiro atoms. The summed E-state index contributed by atoms with van der Waals surface area (Å²) in [7, 11) is 0. The van der Waals surface area contributed by atoms with E-state index in [1.54, 1.807) is 6.92 Å². The summed E-state index contributed by atoms with van der Waals surface area (Å²) in [6, 6.07) is 3.57. The van der Waals surface area contributed by atoms with Crippen LogP contribution in [0.5, 0.6) is 0 Å². The van der Waals surface area contributed by atoms with Gasteiger partial charge in [0, 0.05) is 11.0 Å². The number of rotatable bonds is 3. The lowest BCUT2D eigenvalue weighted by Gasteiger charge is -2.23. The SMILES string of the molecule is CCOC(=O)C1CCCN1C(=O)c1cc(Br)ccc1F. The van der Waals surface area contributed by atoms with Crippen molar-refractivity contribution in [2.24, 2.45) is 0 Å². The number of ether oxygens (including phenoxy) is 1. The van der Waals surface area contributed by atoms with Crippen LogP contribution in [0.15, 0.2) is 22.7 Å². The third kappa shape index (κ3) is 3.00. The van der Waals surface area contributed by atoms with Gasteiger partial charge in [0.2, 0.25) is 0 Å². The molecule has 1 aliphatic heterocycles. The lowest BCUT2D eigenvalue weighted by molar-refractivity contribution is -0.147. The minimum atomic E-state index is -0.610. The fourth-order valence-corrected chi connectivity index (χ4v) is 2.67. The maximum absolute atomic E-state index is 13.8. The van der Waals surface area contributed by atoms with Crippen molar-refractivity contribution in [3.8, 4) is 0 Å². The van der Waals surface area contributed by atoms with Gasteiger partial charge >= 0.3 is 5.97 Å². The summed E-state index contributed by atoms with van der Waals surface area (Å²) in [5.74, 6) is -1.49. The summed E-state index contributed by atoms with van der Waals surface area (Å²) in [4.78, 5) is 25.6. The first-order valence-electron chi connectivity index (χ1n) is 6.47. The highest BCUT2D eigenvalue weighted by atomic mass is 79.9. The van der Waals surface area contributed by atoms with Crippen molar-refractivity contribution in [1.82, 2.24) is 4.90 Å². The smallest absolute Gasteiger partial charge is 0.328 e. The molecule has 0 saturated carbocycles. The maximum Gasteiger partial charge on any atom is 0.328 e. The summed E-state index contributed by atoms with van der Waals surface area (Å²) in [5.41, 5.74) is -0.0319. The number of likely N-dealkylation sites (tertiary alicyclic amines) is 1. The molecule has 6 heteroatoms. The Balaban J connectivity index is 2.23. The number of benzene rings is 1. The number of amides is 1. The van der Waals surface area contributed by atoms with Crippen LogP contribution in [0.1, 0.15) is 30.1 Å². The first-order chi connectivity index (χ1) is 9.54. The van der Waals surface area contributed by atoms with Gasteiger partial charge in [-0.2, -0.15) is 0 Å². The molecule has 20 heavy (non-hydrogen) atoms. The van der Waals surface area contributed by atoms with Gasteiger partial charge in [0.1, 0.15) is 11.9 Å². The van der Waals surface area contributed by atoms with E-state index < -0.39 is 23.7 Å². The molecule has 1 unspecified atom stereocenters. The lowest BCUT2D eigenvalue weighted by Crippen LogP contribution is -2.41. The zero-order valence-electron chi connectivity index (χ0n) is 11.1. The molecule has 0 radical (unpaired) electrons. The zero-order chi connectivity index (χ0) is 14.7. The molecule has 1 aliphatic rings. The van der Waals surface area contributed by atoms with Crippen LogP contribution < -0.4 is 0 Å². The Morgan fingerprint density at radius 1 is 1.50 bits per heavy atom. The predicted octanol–water partition coefficient (Wildman–Crippen LogP) is 2.76. The third-order valence-corrected chi connectivity index (χ3v) is 3.72. The van der Waals surface area contributed by atoms with Crippen LogP contribution in [0.2, 0.25) is 0 Å². The average molecular weight is 344 g/mol. The van der Waals surface area contributed by atoms with Crippen LogP contribution in [0.25, 0.3) is 0 Å². The molecule has 1 heterocycles. The average Bonchev–Trinajstić information content (AvgIpc) is 2.90. The van der Waals surface area contributed by atoms with Gasteiger partial charge in [0.25, 0.3) is 5.91 Å². The molecule has 1 atom stereocenters. The maximum atomic E-state index is 13.8. The highest BCUT2D eigenvalue weighted by Gasteiger charge is 2.36. The minimum Gasteiger partial charge on any atom is -0.464 e. The molecule has 4 nitrogen and oxygen atoms in total. The molecule has 1 aromatic carbocycles. The van der Waals surface area contributed by atoms with Crippen LogP contribution in [0.3, 0.4) is 0 Å². The Kier molecular flexibility index (Phi) is 4.75. The van der Waals surface area contributed by atoms with E-state index in [2.05, 4.69) is 15.9 Å². The van der Waals surface area contributed by atoms with Crippen molar-refractivity contribution in [2.75, 3.05) is 13.2 Å². The third-order valence-electron chi connectivity index (χ3n) is 3.23. The van der Waals surface area contributed by atoms with E-state index in [1.165, 1.54) is 23.1 Å². The van der Waals surface area contributed by atoms with Crippen LogP contribution in [0.4, 0.5) is 4.39 Å². The number of carbonyl (C=O) groups is 2. The molecule has 2 rings (SSSR count). The first-order valence-corrected chi connectivity index (χ1v) is 7.26. The summed E-state index contributed by atoms with van der Waals surface area (Å²) < 4.78 is 19.3. The standard InChI is InChI=1S/C14H15BrFNO3/c1-2-20-14(19)12-4-3-7-17(12)13(18)10-8-9(15)5-6-11(10)16/h5-6,8,12H,2-4,7H2,1H3.